The van der Waals surface area contributed by atoms with Crippen molar-refractivity contribution in [2.75, 3.05) is 32.4 Å². The Bertz CT molecular complexity index is 1520. The fourth-order valence-corrected chi connectivity index (χ4v) is 5.26. The zero-order valence-corrected chi connectivity index (χ0v) is 20.7. The lowest BCUT2D eigenvalue weighted by molar-refractivity contribution is -0.139. The molecule has 8 nitrogen and oxygen atoms in total. The summed E-state index contributed by atoms with van der Waals surface area (Å²) in [6.07, 6.45) is 1.85. The summed E-state index contributed by atoms with van der Waals surface area (Å²) in [6, 6.07) is 12.7. The normalized spacial score (nSPS) is 16.7. The van der Waals surface area contributed by atoms with Crippen molar-refractivity contribution < 1.29 is 19.0 Å². The Morgan fingerprint density at radius 2 is 1.94 bits per heavy atom. The number of allylic oxidation sites excluding steroid dienone is 1. The van der Waals surface area contributed by atoms with Crippen molar-refractivity contribution in [3.63, 3.8) is 0 Å². The van der Waals surface area contributed by atoms with Crippen LogP contribution in [0.1, 0.15) is 31.0 Å². The monoisotopic (exact) mass is 491 g/mol. The van der Waals surface area contributed by atoms with Gasteiger partial charge in [-0.3, -0.25) is 9.36 Å². The first kappa shape index (κ1) is 22.9. The molecule has 2 aliphatic rings. The van der Waals surface area contributed by atoms with Crippen molar-refractivity contribution in [1.82, 2.24) is 4.57 Å². The van der Waals surface area contributed by atoms with E-state index in [4.69, 9.17) is 14.2 Å². The van der Waals surface area contributed by atoms with Crippen LogP contribution >= 0.6 is 11.3 Å². The maximum absolute atomic E-state index is 13.7. The maximum atomic E-state index is 13.7. The lowest BCUT2D eigenvalue weighted by Gasteiger charge is -2.24. The van der Waals surface area contributed by atoms with Gasteiger partial charge in [0.1, 0.15) is 0 Å². The lowest BCUT2D eigenvalue weighted by atomic mass is 9.95. The molecule has 0 N–H and O–H groups in total. The topological polar surface area (TPSA) is 82.4 Å². The van der Waals surface area contributed by atoms with E-state index in [1.54, 1.807) is 24.5 Å². The average Bonchev–Trinajstić information content (AvgIpc) is 3.42. The predicted molar refractivity (Wildman–Crippen MR) is 134 cm³/mol. The molecule has 35 heavy (non-hydrogen) atoms. The highest BCUT2D eigenvalue weighted by Gasteiger charge is 2.34. The van der Waals surface area contributed by atoms with Crippen molar-refractivity contribution in [2.45, 2.75) is 19.9 Å². The van der Waals surface area contributed by atoms with Gasteiger partial charge in [0.05, 0.1) is 28.5 Å². The molecule has 0 radical (unpaired) electrons. The van der Waals surface area contributed by atoms with Gasteiger partial charge < -0.3 is 19.1 Å². The van der Waals surface area contributed by atoms with E-state index in [0.717, 1.165) is 16.8 Å². The number of rotatable bonds is 5. The fourth-order valence-electron chi connectivity index (χ4n) is 4.21. The molecule has 3 aromatic rings. The number of anilines is 1. The summed E-state index contributed by atoms with van der Waals surface area (Å²) < 4.78 is 18.5. The molecule has 1 atom stereocenters. The molecule has 0 unspecified atom stereocenters. The van der Waals surface area contributed by atoms with Crippen LogP contribution in [0, 0.1) is 0 Å². The standard InChI is InChI=1S/C26H25N3O5S/c1-5-32-25(31)22-15(2)27-26-29(23(22)17-8-11-19-20(13-17)34-14-33-19)24(30)21(35-26)12-16-6-9-18(10-7-16)28(3)4/h6-13,23H,5,14H2,1-4H3/b21-12+/t23-/m0/s1. The highest BCUT2D eigenvalue weighted by molar-refractivity contribution is 7.07. The Hall–Kier alpha value is -3.85. The Morgan fingerprint density at radius 1 is 1.20 bits per heavy atom. The molecule has 5 rings (SSSR count). The molecule has 0 aliphatic carbocycles. The molecule has 9 heteroatoms. The minimum atomic E-state index is -0.696. The molecule has 0 fully saturated rings. The number of thiazole rings is 1. The third-order valence-electron chi connectivity index (χ3n) is 5.94. The molecule has 3 heterocycles. The van der Waals surface area contributed by atoms with Crippen molar-refractivity contribution in [1.29, 1.82) is 0 Å². The average molecular weight is 492 g/mol. The van der Waals surface area contributed by atoms with Crippen molar-refractivity contribution in [3.8, 4) is 11.5 Å². The second-order valence-corrected chi connectivity index (χ2v) is 9.41. The van der Waals surface area contributed by atoms with E-state index in [-0.39, 0.29) is 19.0 Å². The molecule has 0 amide bonds. The second kappa shape index (κ2) is 9.07. The van der Waals surface area contributed by atoms with E-state index < -0.39 is 12.0 Å². The first-order valence-electron chi connectivity index (χ1n) is 11.2. The number of nitrogens with zero attached hydrogens (tertiary/aromatic N) is 3. The second-order valence-electron chi connectivity index (χ2n) is 8.40. The number of esters is 1. The number of aromatic nitrogens is 1. The van der Waals surface area contributed by atoms with Crippen molar-refractivity contribution >= 4 is 29.1 Å². The van der Waals surface area contributed by atoms with Gasteiger partial charge in [-0.2, -0.15) is 0 Å². The van der Waals surface area contributed by atoms with Gasteiger partial charge >= 0.3 is 5.97 Å². The molecule has 0 spiro atoms. The zero-order chi connectivity index (χ0) is 24.7. The molecule has 0 saturated heterocycles. The molecular formula is C26H25N3O5S. The smallest absolute Gasteiger partial charge is 0.338 e. The summed E-state index contributed by atoms with van der Waals surface area (Å²) >= 11 is 1.30. The van der Waals surface area contributed by atoms with Gasteiger partial charge in [-0.05, 0) is 55.3 Å². The summed E-state index contributed by atoms with van der Waals surface area (Å²) in [5, 5.41) is 0. The predicted octanol–water partition coefficient (Wildman–Crippen LogP) is 2.59. The van der Waals surface area contributed by atoms with E-state index >= 15 is 0 Å². The third-order valence-corrected chi connectivity index (χ3v) is 6.92. The lowest BCUT2D eigenvalue weighted by Crippen LogP contribution is -2.39. The summed E-state index contributed by atoms with van der Waals surface area (Å²) in [6.45, 7) is 3.87. The number of hydrogen-bond donors (Lipinski definition) is 0. The van der Waals surface area contributed by atoms with Gasteiger partial charge in [-0.25, -0.2) is 9.79 Å². The third kappa shape index (κ3) is 4.12. The number of ether oxygens (including phenoxy) is 3. The van der Waals surface area contributed by atoms with E-state index in [0.29, 0.717) is 32.1 Å². The minimum Gasteiger partial charge on any atom is -0.463 e. The SMILES string of the molecule is CCOC(=O)C1=C(C)N=c2s/c(=C/c3ccc(N(C)C)cc3)c(=O)n2[C@H]1c1ccc2c(c1)OCO2. The summed E-state index contributed by atoms with van der Waals surface area (Å²) in [5.41, 5.74) is 3.33. The highest BCUT2D eigenvalue weighted by atomic mass is 32.1. The molecule has 180 valence electrons. The van der Waals surface area contributed by atoms with Gasteiger partial charge in [0.25, 0.3) is 5.56 Å². The largest absolute Gasteiger partial charge is 0.463 e. The van der Waals surface area contributed by atoms with Gasteiger partial charge in [0, 0.05) is 19.8 Å². The Labute approximate surface area is 206 Å². The Kier molecular flexibility index (Phi) is 5.94. The molecule has 2 aromatic carbocycles. The van der Waals surface area contributed by atoms with Crippen LogP contribution in [0.2, 0.25) is 0 Å². The molecule has 2 aliphatic heterocycles. The van der Waals surface area contributed by atoms with Crippen molar-refractivity contribution in [3.05, 3.63) is 84.5 Å². The maximum Gasteiger partial charge on any atom is 0.338 e. The summed E-state index contributed by atoms with van der Waals surface area (Å²) in [5.74, 6) is 0.703. The fraction of sp³-hybridized carbons (Fsp3) is 0.269. The van der Waals surface area contributed by atoms with Crippen LogP contribution in [0.25, 0.3) is 6.08 Å². The minimum absolute atomic E-state index is 0.133. The van der Waals surface area contributed by atoms with Crippen LogP contribution < -0.4 is 29.3 Å². The van der Waals surface area contributed by atoms with Gasteiger partial charge in [0.2, 0.25) is 6.79 Å². The summed E-state index contributed by atoms with van der Waals surface area (Å²) in [4.78, 5) is 33.9. The highest BCUT2D eigenvalue weighted by Crippen LogP contribution is 2.38. The van der Waals surface area contributed by atoms with Crippen LogP contribution in [0.15, 0.2) is 63.5 Å². The number of carbonyl (C=O) groups excluding carboxylic acids is 1. The quantitative estimate of drug-likeness (QED) is 0.511. The van der Waals surface area contributed by atoms with Gasteiger partial charge in [0.15, 0.2) is 16.3 Å². The first-order valence-corrected chi connectivity index (χ1v) is 12.1. The number of fused-ring (bicyclic) bond motifs is 2. The van der Waals surface area contributed by atoms with E-state index in [9.17, 15) is 9.59 Å². The Balaban J connectivity index is 1.68. The van der Waals surface area contributed by atoms with Crippen LogP contribution in [0.3, 0.4) is 0 Å². The van der Waals surface area contributed by atoms with E-state index in [1.165, 1.54) is 11.3 Å². The zero-order valence-electron chi connectivity index (χ0n) is 19.9. The van der Waals surface area contributed by atoms with Crippen LogP contribution in [0.5, 0.6) is 11.5 Å². The number of benzene rings is 2. The number of hydrogen-bond acceptors (Lipinski definition) is 8. The van der Waals surface area contributed by atoms with Gasteiger partial charge in [-0.1, -0.05) is 29.5 Å². The molecule has 1 aromatic heterocycles. The van der Waals surface area contributed by atoms with Crippen LogP contribution in [-0.2, 0) is 9.53 Å². The van der Waals surface area contributed by atoms with Crippen LogP contribution in [-0.4, -0.2) is 38.0 Å². The van der Waals surface area contributed by atoms with E-state index in [2.05, 4.69) is 4.99 Å². The Morgan fingerprint density at radius 3 is 2.66 bits per heavy atom. The van der Waals surface area contributed by atoms with Gasteiger partial charge in [-0.15, -0.1) is 0 Å². The molecular weight excluding hydrogens is 466 g/mol. The summed E-state index contributed by atoms with van der Waals surface area (Å²) in [7, 11) is 3.96. The van der Waals surface area contributed by atoms with Crippen LogP contribution in [0.4, 0.5) is 5.69 Å². The first-order chi connectivity index (χ1) is 16.9. The molecule has 0 saturated carbocycles. The van der Waals surface area contributed by atoms with Crippen molar-refractivity contribution in [2.24, 2.45) is 4.99 Å². The number of carbonyl (C=O) groups is 1. The molecule has 0 bridgehead atoms. The van der Waals surface area contributed by atoms with E-state index in [1.807, 2.05) is 61.5 Å².